The monoisotopic (exact) mass is 348 g/mol. The first-order valence-electron chi connectivity index (χ1n) is 7.11. The van der Waals surface area contributed by atoms with Gasteiger partial charge in [0.25, 0.3) is 0 Å². The van der Waals surface area contributed by atoms with Crippen LogP contribution in [-0.4, -0.2) is 30.6 Å². The SMILES string of the molecule is COc1cc(/C=C/C(=O)OCC(=O)c2ccc(F)c(F)c2)ccc1O. The Morgan fingerprint density at radius 1 is 1.12 bits per heavy atom. The molecular formula is C18H14F2O5. The highest BCUT2D eigenvalue weighted by atomic mass is 19.2. The number of Topliss-reactive ketones (excluding diaryl/α,β-unsaturated/α-hetero) is 1. The Balaban J connectivity index is 1.93. The Kier molecular flexibility index (Phi) is 5.84. The van der Waals surface area contributed by atoms with Crippen LogP contribution in [-0.2, 0) is 9.53 Å². The molecular weight excluding hydrogens is 334 g/mol. The quantitative estimate of drug-likeness (QED) is 0.493. The average molecular weight is 348 g/mol. The number of aromatic hydroxyl groups is 1. The number of ketones is 1. The molecule has 0 aliphatic carbocycles. The molecule has 0 saturated heterocycles. The van der Waals surface area contributed by atoms with Crippen molar-refractivity contribution >= 4 is 17.8 Å². The van der Waals surface area contributed by atoms with E-state index >= 15 is 0 Å². The van der Waals surface area contributed by atoms with Gasteiger partial charge in [0.15, 0.2) is 35.5 Å². The number of phenolic OH excluding ortho intramolecular Hbond substituents is 1. The second-order valence-corrected chi connectivity index (χ2v) is 4.92. The Bertz CT molecular complexity index is 830. The van der Waals surface area contributed by atoms with Crippen molar-refractivity contribution in [3.05, 3.63) is 65.2 Å². The van der Waals surface area contributed by atoms with Gasteiger partial charge < -0.3 is 14.6 Å². The van der Waals surface area contributed by atoms with Gasteiger partial charge in [-0.05, 0) is 42.0 Å². The molecule has 5 nitrogen and oxygen atoms in total. The number of phenols is 1. The number of halogens is 2. The predicted molar refractivity (Wildman–Crippen MR) is 85.3 cm³/mol. The number of rotatable bonds is 6. The first-order chi connectivity index (χ1) is 11.9. The summed E-state index contributed by atoms with van der Waals surface area (Å²) in [4.78, 5) is 23.4. The van der Waals surface area contributed by atoms with Gasteiger partial charge in [0.2, 0.25) is 0 Å². The molecule has 2 aromatic carbocycles. The molecule has 0 heterocycles. The number of ether oxygens (including phenoxy) is 2. The van der Waals surface area contributed by atoms with Crippen LogP contribution in [0.1, 0.15) is 15.9 Å². The van der Waals surface area contributed by atoms with Crippen LogP contribution in [0.2, 0.25) is 0 Å². The molecule has 0 unspecified atom stereocenters. The van der Waals surface area contributed by atoms with Crippen molar-refractivity contribution < 1.29 is 33.0 Å². The van der Waals surface area contributed by atoms with Gasteiger partial charge in [0.05, 0.1) is 7.11 Å². The summed E-state index contributed by atoms with van der Waals surface area (Å²) >= 11 is 0. The Morgan fingerprint density at radius 3 is 2.56 bits per heavy atom. The summed E-state index contributed by atoms with van der Waals surface area (Å²) in [7, 11) is 1.39. The van der Waals surface area contributed by atoms with Gasteiger partial charge in [0, 0.05) is 11.6 Å². The Morgan fingerprint density at radius 2 is 1.88 bits per heavy atom. The van der Waals surface area contributed by atoms with E-state index in [4.69, 9.17) is 9.47 Å². The van der Waals surface area contributed by atoms with E-state index < -0.39 is 30.0 Å². The molecule has 0 radical (unpaired) electrons. The maximum Gasteiger partial charge on any atom is 0.331 e. The zero-order chi connectivity index (χ0) is 18.4. The van der Waals surface area contributed by atoms with Crippen LogP contribution in [0.25, 0.3) is 6.08 Å². The van der Waals surface area contributed by atoms with E-state index in [9.17, 15) is 23.5 Å². The highest BCUT2D eigenvalue weighted by Gasteiger charge is 2.11. The number of hydrogen-bond acceptors (Lipinski definition) is 5. The number of methoxy groups -OCH3 is 1. The highest BCUT2D eigenvalue weighted by Crippen LogP contribution is 2.26. The van der Waals surface area contributed by atoms with E-state index in [2.05, 4.69) is 0 Å². The molecule has 25 heavy (non-hydrogen) atoms. The van der Waals surface area contributed by atoms with Crippen LogP contribution < -0.4 is 4.74 Å². The smallest absolute Gasteiger partial charge is 0.331 e. The van der Waals surface area contributed by atoms with Crippen molar-refractivity contribution in [2.75, 3.05) is 13.7 Å². The first-order valence-corrected chi connectivity index (χ1v) is 7.11. The molecule has 0 saturated carbocycles. The van der Waals surface area contributed by atoms with E-state index in [1.54, 1.807) is 6.07 Å². The van der Waals surface area contributed by atoms with Crippen molar-refractivity contribution in [2.24, 2.45) is 0 Å². The maximum absolute atomic E-state index is 13.1. The molecule has 0 aromatic heterocycles. The third-order valence-corrected chi connectivity index (χ3v) is 3.20. The van der Waals surface area contributed by atoms with E-state index in [-0.39, 0.29) is 17.1 Å². The zero-order valence-electron chi connectivity index (χ0n) is 13.2. The minimum atomic E-state index is -1.15. The van der Waals surface area contributed by atoms with E-state index in [1.165, 1.54) is 25.3 Å². The fourth-order valence-corrected chi connectivity index (χ4v) is 1.90. The van der Waals surface area contributed by atoms with Crippen LogP contribution in [0.4, 0.5) is 8.78 Å². The van der Waals surface area contributed by atoms with Crippen LogP contribution in [0.15, 0.2) is 42.5 Å². The molecule has 2 aromatic rings. The predicted octanol–water partition coefficient (Wildman–Crippen LogP) is 3.12. The van der Waals surface area contributed by atoms with Gasteiger partial charge in [-0.1, -0.05) is 6.07 Å². The number of carbonyl (C=O) groups is 2. The molecule has 0 bridgehead atoms. The molecule has 0 atom stereocenters. The van der Waals surface area contributed by atoms with Crippen LogP contribution >= 0.6 is 0 Å². The van der Waals surface area contributed by atoms with E-state index in [0.29, 0.717) is 5.56 Å². The van der Waals surface area contributed by atoms with Crippen molar-refractivity contribution in [3.8, 4) is 11.5 Å². The number of carbonyl (C=O) groups excluding carboxylic acids is 2. The summed E-state index contributed by atoms with van der Waals surface area (Å²) < 4.78 is 35.6. The zero-order valence-corrected chi connectivity index (χ0v) is 13.2. The van der Waals surface area contributed by atoms with Crippen molar-refractivity contribution in [1.82, 2.24) is 0 Å². The summed E-state index contributed by atoms with van der Waals surface area (Å²) in [5, 5.41) is 9.47. The van der Waals surface area contributed by atoms with Crippen molar-refractivity contribution in [2.45, 2.75) is 0 Å². The summed E-state index contributed by atoms with van der Waals surface area (Å²) in [6.45, 7) is -0.604. The summed E-state index contributed by atoms with van der Waals surface area (Å²) in [6.07, 6.45) is 2.50. The molecule has 1 N–H and O–H groups in total. The van der Waals surface area contributed by atoms with Gasteiger partial charge in [0.1, 0.15) is 0 Å². The molecule has 0 spiro atoms. The third kappa shape index (κ3) is 4.87. The van der Waals surface area contributed by atoms with Gasteiger partial charge in [-0.3, -0.25) is 4.79 Å². The highest BCUT2D eigenvalue weighted by molar-refractivity contribution is 5.98. The average Bonchev–Trinajstić information content (AvgIpc) is 2.61. The fourth-order valence-electron chi connectivity index (χ4n) is 1.90. The third-order valence-electron chi connectivity index (χ3n) is 3.20. The second-order valence-electron chi connectivity index (χ2n) is 4.92. The maximum atomic E-state index is 13.1. The topological polar surface area (TPSA) is 72.8 Å². The molecule has 7 heteroatoms. The second kappa shape index (κ2) is 8.05. The normalized spacial score (nSPS) is 10.7. The molecule has 0 aliphatic heterocycles. The summed E-state index contributed by atoms with van der Waals surface area (Å²) in [6, 6.07) is 7.12. The van der Waals surface area contributed by atoms with E-state index in [1.807, 2.05) is 0 Å². The molecule has 2 rings (SSSR count). The van der Waals surface area contributed by atoms with Gasteiger partial charge in [-0.2, -0.15) is 0 Å². The van der Waals surface area contributed by atoms with Gasteiger partial charge in [-0.25, -0.2) is 13.6 Å². The molecule has 130 valence electrons. The van der Waals surface area contributed by atoms with E-state index in [0.717, 1.165) is 24.3 Å². The number of esters is 1. The van der Waals surface area contributed by atoms with Crippen LogP contribution in [0.5, 0.6) is 11.5 Å². The molecule has 0 amide bonds. The Labute approximate surface area is 142 Å². The first kappa shape index (κ1) is 18.1. The van der Waals surface area contributed by atoms with Gasteiger partial charge >= 0.3 is 5.97 Å². The summed E-state index contributed by atoms with van der Waals surface area (Å²) in [5.74, 6) is -3.47. The minimum absolute atomic E-state index is 0.0423. The van der Waals surface area contributed by atoms with Crippen molar-refractivity contribution in [1.29, 1.82) is 0 Å². The molecule has 0 fully saturated rings. The lowest BCUT2D eigenvalue weighted by Crippen LogP contribution is -2.13. The fraction of sp³-hybridized carbons (Fsp3) is 0.111. The van der Waals surface area contributed by atoms with Crippen LogP contribution in [0, 0.1) is 11.6 Å². The van der Waals surface area contributed by atoms with Crippen LogP contribution in [0.3, 0.4) is 0 Å². The summed E-state index contributed by atoms with van der Waals surface area (Å²) in [5.41, 5.74) is 0.470. The lowest BCUT2D eigenvalue weighted by molar-refractivity contribution is -0.136. The number of hydrogen-bond donors (Lipinski definition) is 1. The Hall–Kier alpha value is -3.22. The standard InChI is InChI=1S/C18H14F2O5/c1-24-17-8-11(2-6-15(17)21)3-7-18(23)25-10-16(22)12-4-5-13(19)14(20)9-12/h2-9,21H,10H2,1H3/b7-3+. The number of benzene rings is 2. The lowest BCUT2D eigenvalue weighted by atomic mass is 10.1. The minimum Gasteiger partial charge on any atom is -0.504 e. The largest absolute Gasteiger partial charge is 0.504 e. The molecule has 0 aliphatic rings. The lowest BCUT2D eigenvalue weighted by Gasteiger charge is -2.04. The van der Waals surface area contributed by atoms with Gasteiger partial charge in [-0.15, -0.1) is 0 Å². The van der Waals surface area contributed by atoms with Crippen molar-refractivity contribution in [3.63, 3.8) is 0 Å².